The number of rotatable bonds is 5. The zero-order chi connectivity index (χ0) is 21.1. The molecule has 1 amide bonds. The molecule has 0 fully saturated rings. The number of ether oxygens (including phenoxy) is 1. The first-order valence-corrected chi connectivity index (χ1v) is 10.2. The summed E-state index contributed by atoms with van der Waals surface area (Å²) in [4.78, 5) is 34.5. The van der Waals surface area contributed by atoms with Gasteiger partial charge in [0.05, 0.1) is 17.7 Å². The molecular formula is C24H25N3O3. The molecule has 0 unspecified atom stereocenters. The lowest BCUT2D eigenvalue weighted by Crippen LogP contribution is -2.36. The normalized spacial score (nSPS) is 13.1. The summed E-state index contributed by atoms with van der Waals surface area (Å²) in [6.45, 7) is 4.69. The second-order valence-corrected chi connectivity index (χ2v) is 7.54. The number of H-pyrrole nitrogens is 1. The first-order chi connectivity index (χ1) is 14.5. The Balaban J connectivity index is 1.32. The maximum Gasteiger partial charge on any atom is 0.338 e. The predicted molar refractivity (Wildman–Crippen MR) is 116 cm³/mol. The van der Waals surface area contributed by atoms with Crippen LogP contribution in [0, 0.1) is 13.8 Å². The quantitative estimate of drug-likeness (QED) is 0.647. The van der Waals surface area contributed by atoms with Crippen molar-refractivity contribution in [2.24, 2.45) is 0 Å². The van der Waals surface area contributed by atoms with Crippen molar-refractivity contribution < 1.29 is 14.3 Å². The van der Waals surface area contributed by atoms with Crippen LogP contribution in [0.4, 0.5) is 5.69 Å². The highest BCUT2D eigenvalue weighted by atomic mass is 16.5. The molecule has 3 aromatic rings. The topological polar surface area (TPSA) is 75.3 Å². The number of aryl methyl sites for hydroxylation is 3. The average Bonchev–Trinajstić information content (AvgIpc) is 3.11. The maximum atomic E-state index is 12.6. The number of esters is 1. The van der Waals surface area contributed by atoms with E-state index in [-0.39, 0.29) is 18.9 Å². The number of nitrogens with one attached hydrogen (secondary N) is 1. The van der Waals surface area contributed by atoms with E-state index in [0.717, 1.165) is 41.3 Å². The molecule has 0 radical (unpaired) electrons. The number of aromatic amines is 1. The highest BCUT2D eigenvalue weighted by Gasteiger charge is 2.22. The highest BCUT2D eigenvalue weighted by Crippen LogP contribution is 2.27. The van der Waals surface area contributed by atoms with Crippen molar-refractivity contribution in [3.63, 3.8) is 0 Å². The van der Waals surface area contributed by atoms with Crippen LogP contribution in [-0.4, -0.2) is 35.0 Å². The van der Waals surface area contributed by atoms with E-state index in [9.17, 15) is 9.59 Å². The maximum absolute atomic E-state index is 12.6. The minimum absolute atomic E-state index is 0.0196. The number of carbonyl (C=O) groups excluding carboxylic acids is 2. The molecule has 30 heavy (non-hydrogen) atoms. The smallest absolute Gasteiger partial charge is 0.338 e. The van der Waals surface area contributed by atoms with Crippen molar-refractivity contribution >= 4 is 17.6 Å². The molecule has 0 atom stereocenters. The van der Waals surface area contributed by atoms with Gasteiger partial charge < -0.3 is 14.6 Å². The number of hydrogen-bond acceptors (Lipinski definition) is 4. The lowest BCUT2D eigenvalue weighted by molar-refractivity contribution is -0.119. The Bertz CT molecular complexity index is 1050. The molecular weight excluding hydrogens is 378 g/mol. The lowest BCUT2D eigenvalue weighted by atomic mass is 10.0. The van der Waals surface area contributed by atoms with Crippen LogP contribution in [0.2, 0.25) is 0 Å². The van der Waals surface area contributed by atoms with E-state index in [1.54, 1.807) is 17.0 Å². The predicted octanol–water partition coefficient (Wildman–Crippen LogP) is 4.22. The summed E-state index contributed by atoms with van der Waals surface area (Å²) in [7, 11) is 0. The largest absolute Gasteiger partial charge is 0.462 e. The van der Waals surface area contributed by atoms with E-state index >= 15 is 0 Å². The van der Waals surface area contributed by atoms with Crippen molar-refractivity contribution in [3.8, 4) is 11.4 Å². The van der Waals surface area contributed by atoms with E-state index in [2.05, 4.69) is 16.0 Å². The molecule has 0 bridgehead atoms. The molecule has 6 nitrogen and oxygen atoms in total. The molecule has 154 valence electrons. The molecule has 1 N–H and O–H groups in total. The van der Waals surface area contributed by atoms with Gasteiger partial charge in [0.1, 0.15) is 12.4 Å². The molecule has 2 aromatic carbocycles. The summed E-state index contributed by atoms with van der Waals surface area (Å²) in [6.07, 6.45) is 2.11. The number of hydrogen-bond donors (Lipinski definition) is 1. The Morgan fingerprint density at radius 1 is 1.10 bits per heavy atom. The molecule has 2 heterocycles. The third-order valence-electron chi connectivity index (χ3n) is 5.48. The monoisotopic (exact) mass is 403 g/mol. The summed E-state index contributed by atoms with van der Waals surface area (Å²) in [5.74, 6) is 0.325. The van der Waals surface area contributed by atoms with E-state index in [0.29, 0.717) is 12.1 Å². The average molecular weight is 403 g/mol. The summed E-state index contributed by atoms with van der Waals surface area (Å²) in [5.41, 5.74) is 5.50. The van der Waals surface area contributed by atoms with Gasteiger partial charge in [-0.1, -0.05) is 30.3 Å². The summed E-state index contributed by atoms with van der Waals surface area (Å²) < 4.78 is 5.34. The Labute approximate surface area is 175 Å². The van der Waals surface area contributed by atoms with Crippen molar-refractivity contribution in [1.29, 1.82) is 0 Å². The molecule has 1 aliphatic heterocycles. The minimum atomic E-state index is -0.430. The number of carbonyl (C=O) groups is 2. The fourth-order valence-corrected chi connectivity index (χ4v) is 3.69. The van der Waals surface area contributed by atoms with Crippen LogP contribution in [0.3, 0.4) is 0 Å². The van der Waals surface area contributed by atoms with E-state index < -0.39 is 5.97 Å². The number of nitrogens with zero attached hydrogens (tertiary/aromatic N) is 2. The van der Waals surface area contributed by atoms with Gasteiger partial charge in [0, 0.05) is 23.5 Å². The Kier molecular flexibility index (Phi) is 5.65. The number of para-hydroxylation sites is 1. The number of aromatic nitrogens is 2. The first-order valence-electron chi connectivity index (χ1n) is 10.2. The second-order valence-electron chi connectivity index (χ2n) is 7.54. The number of benzene rings is 2. The summed E-state index contributed by atoms with van der Waals surface area (Å²) >= 11 is 0. The van der Waals surface area contributed by atoms with Crippen molar-refractivity contribution in [2.45, 2.75) is 33.1 Å². The van der Waals surface area contributed by atoms with Gasteiger partial charge in [-0.05, 0) is 50.5 Å². The standard InChI is InChI=1S/C24H25N3O3/c1-16-17(2)26-23(25-16)19-9-11-20(12-10-19)24(29)30-15-13-22(28)27-14-5-7-18-6-3-4-8-21(18)27/h3-4,6,8-12H,5,7,13-15H2,1-2H3,(H,25,26). The third-order valence-corrected chi connectivity index (χ3v) is 5.48. The zero-order valence-electron chi connectivity index (χ0n) is 17.3. The Morgan fingerprint density at radius 3 is 2.60 bits per heavy atom. The fraction of sp³-hybridized carbons (Fsp3) is 0.292. The lowest BCUT2D eigenvalue weighted by Gasteiger charge is -2.29. The van der Waals surface area contributed by atoms with Gasteiger partial charge in [0.2, 0.25) is 5.91 Å². The molecule has 0 spiro atoms. The number of fused-ring (bicyclic) bond motifs is 1. The third kappa shape index (κ3) is 4.13. The van der Waals surface area contributed by atoms with Crippen LogP contribution in [0.1, 0.15) is 40.2 Å². The van der Waals surface area contributed by atoms with Gasteiger partial charge in [-0.2, -0.15) is 0 Å². The van der Waals surface area contributed by atoms with Crippen LogP contribution in [0.25, 0.3) is 11.4 Å². The van der Waals surface area contributed by atoms with Crippen LogP contribution in [-0.2, 0) is 16.0 Å². The SMILES string of the molecule is Cc1nc(-c2ccc(C(=O)OCCC(=O)N3CCCc4ccccc43)cc2)[nH]c1C. The Morgan fingerprint density at radius 2 is 1.87 bits per heavy atom. The van der Waals surface area contributed by atoms with E-state index in [1.807, 2.05) is 44.2 Å². The minimum Gasteiger partial charge on any atom is -0.462 e. The summed E-state index contributed by atoms with van der Waals surface area (Å²) in [5, 5.41) is 0. The number of imidazole rings is 1. The van der Waals surface area contributed by atoms with Crippen LogP contribution in [0.5, 0.6) is 0 Å². The fourth-order valence-electron chi connectivity index (χ4n) is 3.69. The zero-order valence-corrected chi connectivity index (χ0v) is 17.3. The molecule has 6 heteroatoms. The first kappa shape index (κ1) is 19.9. The van der Waals surface area contributed by atoms with Gasteiger partial charge in [-0.25, -0.2) is 9.78 Å². The molecule has 0 saturated heterocycles. The van der Waals surface area contributed by atoms with Gasteiger partial charge in [0.15, 0.2) is 0 Å². The van der Waals surface area contributed by atoms with E-state index in [4.69, 9.17) is 4.74 Å². The molecule has 1 aromatic heterocycles. The van der Waals surface area contributed by atoms with Crippen molar-refractivity contribution in [2.75, 3.05) is 18.1 Å². The van der Waals surface area contributed by atoms with Gasteiger partial charge in [0.25, 0.3) is 0 Å². The molecule has 0 saturated carbocycles. The molecule has 0 aliphatic carbocycles. The van der Waals surface area contributed by atoms with Gasteiger partial charge >= 0.3 is 5.97 Å². The van der Waals surface area contributed by atoms with Crippen LogP contribution < -0.4 is 4.90 Å². The molecule has 4 rings (SSSR count). The highest BCUT2D eigenvalue weighted by molar-refractivity contribution is 5.95. The van der Waals surface area contributed by atoms with Crippen molar-refractivity contribution in [1.82, 2.24) is 9.97 Å². The number of anilines is 1. The second kappa shape index (κ2) is 8.53. The number of amides is 1. The molecule has 1 aliphatic rings. The Hall–Kier alpha value is -3.41. The van der Waals surface area contributed by atoms with Gasteiger partial charge in [-0.15, -0.1) is 0 Å². The summed E-state index contributed by atoms with van der Waals surface area (Å²) in [6, 6.07) is 15.1. The van der Waals surface area contributed by atoms with Crippen LogP contribution in [0.15, 0.2) is 48.5 Å². The van der Waals surface area contributed by atoms with E-state index in [1.165, 1.54) is 5.56 Å². The van der Waals surface area contributed by atoms with Crippen molar-refractivity contribution in [3.05, 3.63) is 71.0 Å². The van der Waals surface area contributed by atoms with Gasteiger partial charge in [-0.3, -0.25) is 4.79 Å². The van der Waals surface area contributed by atoms with Crippen LogP contribution >= 0.6 is 0 Å².